The molecule has 2 N–H and O–H groups in total. The van der Waals surface area contributed by atoms with E-state index in [0.717, 1.165) is 6.42 Å². The molecule has 2 heterocycles. The van der Waals surface area contributed by atoms with Crippen molar-refractivity contribution in [2.45, 2.75) is 44.3 Å². The van der Waals surface area contributed by atoms with Crippen LogP contribution in [0.15, 0.2) is 0 Å². The lowest BCUT2D eigenvalue weighted by Crippen LogP contribution is -2.68. The summed E-state index contributed by atoms with van der Waals surface area (Å²) in [6.45, 7) is 0. The van der Waals surface area contributed by atoms with Crippen LogP contribution in [0.2, 0.25) is 0 Å². The van der Waals surface area contributed by atoms with Gasteiger partial charge in [-0.1, -0.05) is 12.8 Å². The van der Waals surface area contributed by atoms with Crippen LogP contribution in [0.5, 0.6) is 0 Å². The molecule has 5 nitrogen and oxygen atoms in total. The molecule has 0 spiro atoms. The maximum Gasteiger partial charge on any atom is 0.322 e. The SMILES string of the molecule is CN1C2CCCCC2CC2C(=O)NC(=O)NC21. The van der Waals surface area contributed by atoms with Crippen molar-refractivity contribution in [3.05, 3.63) is 0 Å². The van der Waals surface area contributed by atoms with Crippen LogP contribution in [0.3, 0.4) is 0 Å². The molecule has 4 unspecified atom stereocenters. The summed E-state index contributed by atoms with van der Waals surface area (Å²) in [4.78, 5) is 25.4. The van der Waals surface area contributed by atoms with Crippen LogP contribution < -0.4 is 10.6 Å². The lowest BCUT2D eigenvalue weighted by atomic mass is 9.73. The van der Waals surface area contributed by atoms with E-state index in [9.17, 15) is 9.59 Å². The van der Waals surface area contributed by atoms with E-state index in [4.69, 9.17) is 0 Å². The van der Waals surface area contributed by atoms with E-state index in [2.05, 4.69) is 15.5 Å². The number of rotatable bonds is 0. The third-order valence-corrected chi connectivity index (χ3v) is 4.62. The zero-order valence-corrected chi connectivity index (χ0v) is 10.1. The van der Waals surface area contributed by atoms with Gasteiger partial charge >= 0.3 is 6.03 Å². The number of carbonyl (C=O) groups excluding carboxylic acids is 2. The molecule has 3 aliphatic rings. The Hall–Kier alpha value is -1.10. The molecule has 0 aromatic rings. The largest absolute Gasteiger partial charge is 0.322 e. The quantitative estimate of drug-likeness (QED) is 0.650. The van der Waals surface area contributed by atoms with E-state index in [0.29, 0.717) is 12.0 Å². The molecule has 17 heavy (non-hydrogen) atoms. The Morgan fingerprint density at radius 3 is 2.82 bits per heavy atom. The molecule has 5 heteroatoms. The van der Waals surface area contributed by atoms with Gasteiger partial charge in [-0.15, -0.1) is 0 Å². The minimum Gasteiger partial charge on any atom is -0.321 e. The number of imide groups is 1. The van der Waals surface area contributed by atoms with Gasteiger partial charge in [0.05, 0.1) is 12.1 Å². The van der Waals surface area contributed by atoms with Gasteiger partial charge in [-0.25, -0.2) is 4.79 Å². The van der Waals surface area contributed by atoms with Gasteiger partial charge in [0.25, 0.3) is 0 Å². The van der Waals surface area contributed by atoms with Crippen LogP contribution in [0.4, 0.5) is 4.79 Å². The number of nitrogens with one attached hydrogen (secondary N) is 2. The lowest BCUT2D eigenvalue weighted by Gasteiger charge is -2.51. The van der Waals surface area contributed by atoms with Crippen LogP contribution in [-0.4, -0.2) is 36.1 Å². The zero-order chi connectivity index (χ0) is 12.0. The molecule has 0 aromatic heterocycles. The Morgan fingerprint density at radius 1 is 1.24 bits per heavy atom. The number of likely N-dealkylation sites (tertiary alicyclic amines) is 1. The van der Waals surface area contributed by atoms with Crippen molar-refractivity contribution in [1.29, 1.82) is 0 Å². The second-order valence-electron chi connectivity index (χ2n) is 5.53. The topological polar surface area (TPSA) is 61.4 Å². The van der Waals surface area contributed by atoms with E-state index in [1.165, 1.54) is 25.7 Å². The van der Waals surface area contributed by atoms with Gasteiger partial charge in [0.15, 0.2) is 0 Å². The smallest absolute Gasteiger partial charge is 0.321 e. The Labute approximate surface area is 101 Å². The van der Waals surface area contributed by atoms with Crippen molar-refractivity contribution >= 4 is 11.9 Å². The van der Waals surface area contributed by atoms with Gasteiger partial charge in [-0.2, -0.15) is 0 Å². The van der Waals surface area contributed by atoms with Crippen LogP contribution >= 0.6 is 0 Å². The minimum absolute atomic E-state index is 0.0722. The van der Waals surface area contributed by atoms with E-state index in [1.807, 2.05) is 7.05 Å². The molecule has 0 bridgehead atoms. The normalized spacial score (nSPS) is 42.2. The molecule has 1 aliphatic carbocycles. The number of amides is 3. The van der Waals surface area contributed by atoms with Crippen LogP contribution in [0.1, 0.15) is 32.1 Å². The molecule has 4 atom stereocenters. The number of piperidine rings is 1. The summed E-state index contributed by atoms with van der Waals surface area (Å²) in [5.41, 5.74) is 0. The first-order valence-corrected chi connectivity index (χ1v) is 6.50. The monoisotopic (exact) mass is 237 g/mol. The first kappa shape index (κ1) is 11.0. The highest BCUT2D eigenvalue weighted by molar-refractivity contribution is 5.98. The van der Waals surface area contributed by atoms with Crippen LogP contribution in [-0.2, 0) is 4.79 Å². The van der Waals surface area contributed by atoms with E-state index < -0.39 is 0 Å². The maximum absolute atomic E-state index is 11.9. The van der Waals surface area contributed by atoms with Gasteiger partial charge < -0.3 is 5.32 Å². The molecule has 2 saturated heterocycles. The predicted molar refractivity (Wildman–Crippen MR) is 62.1 cm³/mol. The van der Waals surface area contributed by atoms with Gasteiger partial charge in [0, 0.05) is 6.04 Å². The zero-order valence-electron chi connectivity index (χ0n) is 10.1. The van der Waals surface area contributed by atoms with E-state index in [-0.39, 0.29) is 24.0 Å². The van der Waals surface area contributed by atoms with E-state index >= 15 is 0 Å². The second kappa shape index (κ2) is 3.98. The summed E-state index contributed by atoms with van der Waals surface area (Å²) in [6, 6.07) is 0.188. The van der Waals surface area contributed by atoms with Crippen molar-refractivity contribution in [1.82, 2.24) is 15.5 Å². The summed E-state index contributed by atoms with van der Waals surface area (Å²) in [5, 5.41) is 5.27. The standard InChI is InChI=1S/C12H19N3O2/c1-15-9-5-3-2-4-7(9)6-8-10(15)13-12(17)14-11(8)16/h7-10H,2-6H2,1H3,(H2,13,14,16,17). The molecule has 2 aliphatic heterocycles. The van der Waals surface area contributed by atoms with E-state index in [1.54, 1.807) is 0 Å². The average molecular weight is 237 g/mol. The van der Waals surface area contributed by atoms with Gasteiger partial charge in [-0.3, -0.25) is 15.0 Å². The first-order valence-electron chi connectivity index (χ1n) is 6.50. The highest BCUT2D eigenvalue weighted by Gasteiger charge is 2.47. The Balaban J connectivity index is 1.84. The molecule has 0 radical (unpaired) electrons. The molecule has 0 aromatic carbocycles. The molecule has 3 rings (SSSR count). The highest BCUT2D eigenvalue weighted by atomic mass is 16.2. The second-order valence-corrected chi connectivity index (χ2v) is 5.53. The molecule has 3 fully saturated rings. The lowest BCUT2D eigenvalue weighted by molar-refractivity contribution is -0.133. The molecular weight excluding hydrogens is 218 g/mol. The Bertz CT molecular complexity index is 358. The molecule has 1 saturated carbocycles. The number of urea groups is 1. The summed E-state index contributed by atoms with van der Waals surface area (Å²) < 4.78 is 0. The summed E-state index contributed by atoms with van der Waals surface area (Å²) in [6.07, 6.45) is 5.78. The number of nitrogens with zero attached hydrogens (tertiary/aromatic N) is 1. The Morgan fingerprint density at radius 2 is 2.00 bits per heavy atom. The Kier molecular flexibility index (Phi) is 2.58. The minimum atomic E-state index is -0.350. The average Bonchev–Trinajstić information content (AvgIpc) is 2.31. The van der Waals surface area contributed by atoms with Gasteiger partial charge in [-0.05, 0) is 32.2 Å². The maximum atomic E-state index is 11.9. The van der Waals surface area contributed by atoms with Crippen LogP contribution in [0, 0.1) is 11.8 Å². The number of fused-ring (bicyclic) bond motifs is 2. The highest BCUT2D eigenvalue weighted by Crippen LogP contribution is 2.39. The summed E-state index contributed by atoms with van der Waals surface area (Å²) >= 11 is 0. The fourth-order valence-corrected chi connectivity index (χ4v) is 3.77. The molecule has 94 valence electrons. The molecular formula is C12H19N3O2. The third kappa shape index (κ3) is 1.73. The fraction of sp³-hybridized carbons (Fsp3) is 0.833. The molecule has 3 amide bonds. The fourth-order valence-electron chi connectivity index (χ4n) is 3.77. The third-order valence-electron chi connectivity index (χ3n) is 4.62. The number of hydrogen-bond donors (Lipinski definition) is 2. The van der Waals surface area contributed by atoms with Crippen LogP contribution in [0.25, 0.3) is 0 Å². The van der Waals surface area contributed by atoms with Crippen molar-refractivity contribution < 1.29 is 9.59 Å². The summed E-state index contributed by atoms with van der Waals surface area (Å²) in [7, 11) is 2.04. The van der Waals surface area contributed by atoms with Gasteiger partial charge in [0.1, 0.15) is 0 Å². The van der Waals surface area contributed by atoms with Crippen molar-refractivity contribution in [3.63, 3.8) is 0 Å². The van der Waals surface area contributed by atoms with Crippen molar-refractivity contribution in [2.24, 2.45) is 11.8 Å². The predicted octanol–water partition coefficient (Wildman–Crippen LogP) is 0.662. The van der Waals surface area contributed by atoms with Crippen molar-refractivity contribution in [2.75, 3.05) is 7.05 Å². The summed E-state index contributed by atoms with van der Waals surface area (Å²) in [5.74, 6) is 0.447. The number of carbonyl (C=O) groups is 2. The first-order chi connectivity index (χ1) is 8.16. The van der Waals surface area contributed by atoms with Gasteiger partial charge in [0.2, 0.25) is 5.91 Å². The number of hydrogen-bond acceptors (Lipinski definition) is 3. The van der Waals surface area contributed by atoms with Crippen molar-refractivity contribution in [3.8, 4) is 0 Å².